The van der Waals surface area contributed by atoms with Crippen LogP contribution < -0.4 is 5.32 Å². The van der Waals surface area contributed by atoms with Gasteiger partial charge in [0.15, 0.2) is 0 Å². The van der Waals surface area contributed by atoms with Crippen molar-refractivity contribution in [3.8, 4) is 10.6 Å². The first-order valence-electron chi connectivity index (χ1n) is 6.94. The summed E-state index contributed by atoms with van der Waals surface area (Å²) in [6.45, 7) is 2.34. The Balaban J connectivity index is 1.62. The summed E-state index contributed by atoms with van der Waals surface area (Å²) in [5.74, 6) is 0. The van der Waals surface area contributed by atoms with Gasteiger partial charge >= 0.3 is 6.03 Å². The van der Waals surface area contributed by atoms with Crippen molar-refractivity contribution in [2.24, 2.45) is 0 Å². The molecule has 0 atom stereocenters. The quantitative estimate of drug-likeness (QED) is 0.784. The largest absolute Gasteiger partial charge is 0.323 e. The normalized spacial score (nSPS) is 10.5. The zero-order valence-electron chi connectivity index (χ0n) is 12.7. The third kappa shape index (κ3) is 3.91. The number of rotatable bonds is 4. The number of carbonyl (C=O) groups is 1. The van der Waals surface area contributed by atoms with Gasteiger partial charge < -0.3 is 4.90 Å². The van der Waals surface area contributed by atoms with Gasteiger partial charge in [-0.05, 0) is 6.92 Å². The number of carbonyl (C=O) groups excluding carboxylic acids is 1. The summed E-state index contributed by atoms with van der Waals surface area (Å²) in [6.07, 6.45) is 1.81. The molecule has 2 aromatic heterocycles. The van der Waals surface area contributed by atoms with Crippen molar-refractivity contribution in [3.63, 3.8) is 0 Å². The first-order valence-corrected chi connectivity index (χ1v) is 8.57. The van der Waals surface area contributed by atoms with E-state index < -0.39 is 0 Å². The number of aryl methyl sites for hydroxylation is 1. The number of amides is 2. The number of thiazole rings is 1. The minimum absolute atomic E-state index is 0.212. The van der Waals surface area contributed by atoms with E-state index in [-0.39, 0.29) is 6.03 Å². The molecule has 23 heavy (non-hydrogen) atoms. The monoisotopic (exact) mass is 345 g/mol. The van der Waals surface area contributed by atoms with Crippen LogP contribution in [0, 0.1) is 6.92 Å². The maximum Gasteiger partial charge on any atom is 0.323 e. The van der Waals surface area contributed by atoms with Crippen molar-refractivity contribution in [2.75, 3.05) is 12.4 Å². The molecular formula is C15H15N5OS2. The second-order valence-electron chi connectivity index (χ2n) is 4.91. The summed E-state index contributed by atoms with van der Waals surface area (Å²) in [5, 5.41) is 12.8. The third-order valence-electron chi connectivity index (χ3n) is 3.05. The van der Waals surface area contributed by atoms with Crippen LogP contribution in [0.15, 0.2) is 36.5 Å². The lowest BCUT2D eigenvalue weighted by molar-refractivity contribution is 0.221. The highest BCUT2D eigenvalue weighted by molar-refractivity contribution is 7.15. The zero-order valence-corrected chi connectivity index (χ0v) is 14.3. The van der Waals surface area contributed by atoms with Crippen LogP contribution in [-0.4, -0.2) is 33.2 Å². The second-order valence-corrected chi connectivity index (χ2v) is 7.21. The van der Waals surface area contributed by atoms with E-state index >= 15 is 0 Å². The van der Waals surface area contributed by atoms with Gasteiger partial charge in [-0.2, -0.15) is 0 Å². The van der Waals surface area contributed by atoms with E-state index in [2.05, 4.69) is 20.5 Å². The third-order valence-corrected chi connectivity index (χ3v) is 4.84. The molecule has 2 heterocycles. The molecule has 0 bridgehead atoms. The number of nitrogens with zero attached hydrogens (tertiary/aromatic N) is 4. The zero-order chi connectivity index (χ0) is 16.2. The summed E-state index contributed by atoms with van der Waals surface area (Å²) >= 11 is 2.93. The van der Waals surface area contributed by atoms with Crippen LogP contribution in [0.2, 0.25) is 0 Å². The Bertz CT molecular complexity index is 799. The van der Waals surface area contributed by atoms with E-state index in [9.17, 15) is 4.79 Å². The maximum atomic E-state index is 12.1. The average molecular weight is 345 g/mol. The van der Waals surface area contributed by atoms with Crippen molar-refractivity contribution >= 4 is 33.8 Å². The van der Waals surface area contributed by atoms with Crippen LogP contribution >= 0.6 is 22.7 Å². The van der Waals surface area contributed by atoms with Crippen LogP contribution in [0.4, 0.5) is 9.93 Å². The lowest BCUT2D eigenvalue weighted by atomic mass is 10.2. The molecule has 0 fully saturated rings. The van der Waals surface area contributed by atoms with Crippen molar-refractivity contribution in [1.29, 1.82) is 0 Å². The van der Waals surface area contributed by atoms with Crippen molar-refractivity contribution < 1.29 is 4.79 Å². The predicted molar refractivity (Wildman–Crippen MR) is 92.7 cm³/mol. The van der Waals surface area contributed by atoms with Crippen LogP contribution in [0.1, 0.15) is 9.88 Å². The Kier molecular flexibility index (Phi) is 4.63. The molecule has 3 rings (SSSR count). The van der Waals surface area contributed by atoms with Gasteiger partial charge in [-0.1, -0.05) is 41.7 Å². The van der Waals surface area contributed by atoms with E-state index in [4.69, 9.17) is 0 Å². The van der Waals surface area contributed by atoms with E-state index in [1.54, 1.807) is 23.3 Å². The topological polar surface area (TPSA) is 71.0 Å². The van der Waals surface area contributed by atoms with Crippen molar-refractivity contribution in [1.82, 2.24) is 20.1 Å². The van der Waals surface area contributed by atoms with Crippen LogP contribution in [0.3, 0.4) is 0 Å². The van der Waals surface area contributed by atoms with Gasteiger partial charge in [0.25, 0.3) is 0 Å². The fourth-order valence-corrected chi connectivity index (χ4v) is 3.49. The first kappa shape index (κ1) is 15.6. The maximum absolute atomic E-state index is 12.1. The molecule has 1 N–H and O–H groups in total. The van der Waals surface area contributed by atoms with E-state index in [0.717, 1.165) is 20.5 Å². The average Bonchev–Trinajstić information content (AvgIpc) is 3.17. The Labute approximate surface area is 141 Å². The summed E-state index contributed by atoms with van der Waals surface area (Å²) < 4.78 is 0. The number of hydrogen-bond donors (Lipinski definition) is 1. The van der Waals surface area contributed by atoms with Gasteiger partial charge in [0.05, 0.1) is 6.54 Å². The smallest absolute Gasteiger partial charge is 0.322 e. The lowest BCUT2D eigenvalue weighted by Gasteiger charge is -2.15. The molecular weight excluding hydrogens is 330 g/mol. The molecule has 0 radical (unpaired) electrons. The first-order chi connectivity index (χ1) is 11.1. The number of urea groups is 1. The Morgan fingerprint density at radius 1 is 1.22 bits per heavy atom. The highest BCUT2D eigenvalue weighted by atomic mass is 32.1. The van der Waals surface area contributed by atoms with Crippen LogP contribution in [-0.2, 0) is 6.54 Å². The molecule has 3 aromatic rings. The summed E-state index contributed by atoms with van der Waals surface area (Å²) in [5.41, 5.74) is 1.08. The van der Waals surface area contributed by atoms with Crippen molar-refractivity contribution in [2.45, 2.75) is 13.5 Å². The molecule has 0 saturated carbocycles. The van der Waals surface area contributed by atoms with Gasteiger partial charge in [0, 0.05) is 23.7 Å². The number of anilines is 1. The lowest BCUT2D eigenvalue weighted by Crippen LogP contribution is -2.30. The minimum Gasteiger partial charge on any atom is -0.322 e. The summed E-state index contributed by atoms with van der Waals surface area (Å²) in [4.78, 5) is 19.2. The summed E-state index contributed by atoms with van der Waals surface area (Å²) in [7, 11) is 1.74. The molecule has 0 spiro atoms. The molecule has 0 aliphatic carbocycles. The molecule has 0 aliphatic heterocycles. The summed E-state index contributed by atoms with van der Waals surface area (Å²) in [6, 6.07) is 9.79. The van der Waals surface area contributed by atoms with Gasteiger partial charge in [0.1, 0.15) is 10.0 Å². The van der Waals surface area contributed by atoms with Crippen molar-refractivity contribution in [3.05, 3.63) is 46.4 Å². The fourth-order valence-electron chi connectivity index (χ4n) is 1.93. The fraction of sp³-hybridized carbons (Fsp3) is 0.200. The molecule has 0 saturated heterocycles. The molecule has 0 unspecified atom stereocenters. The molecule has 6 nitrogen and oxygen atoms in total. The van der Waals surface area contributed by atoms with Gasteiger partial charge in [-0.3, -0.25) is 5.32 Å². The predicted octanol–water partition coefficient (Wildman–Crippen LogP) is 3.63. The number of hydrogen-bond acceptors (Lipinski definition) is 6. The Hall–Kier alpha value is -2.32. The van der Waals surface area contributed by atoms with E-state index in [1.807, 2.05) is 43.5 Å². The number of nitrogens with one attached hydrogen (secondary N) is 1. The standard InChI is InChI=1S/C15H15N5OS2/c1-10-18-19-14(22-10)17-15(21)20(2)9-12-8-16-13(23-12)11-6-4-3-5-7-11/h3-8H,9H2,1-2H3,(H,17,19,21). The minimum atomic E-state index is -0.212. The van der Waals surface area contributed by atoms with Crippen LogP contribution in [0.25, 0.3) is 10.6 Å². The highest BCUT2D eigenvalue weighted by Crippen LogP contribution is 2.25. The van der Waals surface area contributed by atoms with Gasteiger partial charge in [-0.15, -0.1) is 21.5 Å². The number of benzene rings is 1. The van der Waals surface area contributed by atoms with Crippen LogP contribution in [0.5, 0.6) is 0 Å². The Morgan fingerprint density at radius 3 is 2.70 bits per heavy atom. The molecule has 8 heteroatoms. The molecule has 1 aromatic carbocycles. The SMILES string of the molecule is Cc1nnc(NC(=O)N(C)Cc2cnc(-c3ccccc3)s2)s1. The highest BCUT2D eigenvalue weighted by Gasteiger charge is 2.13. The van der Waals surface area contributed by atoms with E-state index in [1.165, 1.54) is 11.3 Å². The molecule has 2 amide bonds. The van der Waals surface area contributed by atoms with Gasteiger partial charge in [0.2, 0.25) is 5.13 Å². The molecule has 0 aliphatic rings. The Morgan fingerprint density at radius 2 is 2.00 bits per heavy atom. The van der Waals surface area contributed by atoms with E-state index in [0.29, 0.717) is 11.7 Å². The van der Waals surface area contributed by atoms with Gasteiger partial charge in [-0.25, -0.2) is 9.78 Å². The second kappa shape index (κ2) is 6.84. The molecule has 118 valence electrons. The number of aromatic nitrogens is 3.